The first-order valence-electron chi connectivity index (χ1n) is 20.5. The van der Waals surface area contributed by atoms with E-state index in [2.05, 4.69) is 179 Å². The fourth-order valence-electron chi connectivity index (χ4n) is 10.2. The maximum Gasteiger partial charge on any atom is 0.132 e. The monoisotopic (exact) mass is 730 g/mol. The Bertz CT molecular complexity index is 2420. The van der Waals surface area contributed by atoms with Crippen LogP contribution >= 0.6 is 0 Å². The van der Waals surface area contributed by atoms with E-state index in [1.54, 1.807) is 0 Å². The van der Waals surface area contributed by atoms with Crippen LogP contribution < -0.4 is 15.5 Å². The summed E-state index contributed by atoms with van der Waals surface area (Å²) in [5.41, 5.74) is 12.9. The number of nitrogens with one attached hydrogen (secondary N) is 2. The average molecular weight is 731 g/mol. The normalized spacial score (nSPS) is 28.5. The van der Waals surface area contributed by atoms with Gasteiger partial charge in [-0.15, -0.1) is 0 Å². The second kappa shape index (κ2) is 14.0. The molecule has 0 aromatic heterocycles. The van der Waals surface area contributed by atoms with E-state index in [1.807, 2.05) is 0 Å². The van der Waals surface area contributed by atoms with Crippen molar-refractivity contribution in [2.24, 2.45) is 16.8 Å². The summed E-state index contributed by atoms with van der Waals surface area (Å²) in [7, 11) is 0. The summed E-state index contributed by atoms with van der Waals surface area (Å²) < 4.78 is 7.01. The minimum Gasteiger partial charge on any atom is -0.490 e. The van der Waals surface area contributed by atoms with Gasteiger partial charge in [-0.2, -0.15) is 0 Å². The van der Waals surface area contributed by atoms with E-state index in [1.165, 1.54) is 50.4 Å². The smallest absolute Gasteiger partial charge is 0.132 e. The van der Waals surface area contributed by atoms with Gasteiger partial charge >= 0.3 is 0 Å². The third kappa shape index (κ3) is 5.76. The van der Waals surface area contributed by atoms with Crippen molar-refractivity contribution in [2.45, 2.75) is 62.5 Å². The number of ether oxygens (including phenoxy) is 1. The van der Waals surface area contributed by atoms with Crippen LogP contribution in [0.4, 0.5) is 5.69 Å². The van der Waals surface area contributed by atoms with E-state index in [-0.39, 0.29) is 30.4 Å². The lowest BCUT2D eigenvalue weighted by Gasteiger charge is -2.35. The first kappa shape index (κ1) is 33.4. The van der Waals surface area contributed by atoms with Crippen molar-refractivity contribution in [3.8, 4) is 11.1 Å². The SMILES string of the molecule is C1=CCCC(C2N=C(c3cc(-c4ccccc4)ccc3C3C=CC4=C(C3)OC3C=CC5C(C6=CCCC=C6N5c5ccccc5)C43)NC(c3ccccc3)N2)=C1. The molecule has 0 spiro atoms. The van der Waals surface area contributed by atoms with Crippen molar-refractivity contribution in [3.05, 3.63) is 209 Å². The summed E-state index contributed by atoms with van der Waals surface area (Å²) in [6, 6.07) is 39.6. The van der Waals surface area contributed by atoms with Crippen LogP contribution in [0, 0.1) is 11.8 Å². The molecular formula is C51H46N4O. The van der Waals surface area contributed by atoms with Crippen LogP contribution in [0.15, 0.2) is 197 Å². The highest BCUT2D eigenvalue weighted by Crippen LogP contribution is 2.56. The number of hydrogen-bond acceptors (Lipinski definition) is 5. The number of hydrogen-bond donors (Lipinski definition) is 2. The molecule has 4 aromatic carbocycles. The van der Waals surface area contributed by atoms with E-state index in [9.17, 15) is 0 Å². The van der Waals surface area contributed by atoms with Gasteiger partial charge in [-0.3, -0.25) is 5.32 Å². The molecule has 7 atom stereocenters. The minimum atomic E-state index is -0.123. The summed E-state index contributed by atoms with van der Waals surface area (Å²) in [6.45, 7) is 0. The van der Waals surface area contributed by atoms with Crippen LogP contribution in [-0.2, 0) is 4.74 Å². The minimum absolute atomic E-state index is 0.0463. The predicted octanol–water partition coefficient (Wildman–Crippen LogP) is 10.6. The molecule has 1 fully saturated rings. The summed E-state index contributed by atoms with van der Waals surface area (Å²) in [6.07, 6.45) is 26.2. The molecule has 276 valence electrons. The first-order chi connectivity index (χ1) is 27.8. The van der Waals surface area contributed by atoms with Gasteiger partial charge in [-0.05, 0) is 88.9 Å². The Kier molecular flexibility index (Phi) is 8.35. The fraction of sp³-hybridized carbons (Fsp3) is 0.235. The quantitative estimate of drug-likeness (QED) is 0.194. The third-order valence-corrected chi connectivity index (χ3v) is 12.8. The molecule has 2 N–H and O–H groups in total. The Morgan fingerprint density at radius 2 is 1.55 bits per heavy atom. The summed E-state index contributed by atoms with van der Waals surface area (Å²) in [4.78, 5) is 8.06. The van der Waals surface area contributed by atoms with Crippen molar-refractivity contribution in [2.75, 3.05) is 4.90 Å². The molecule has 3 heterocycles. The lowest BCUT2D eigenvalue weighted by atomic mass is 9.71. The van der Waals surface area contributed by atoms with Gasteiger partial charge in [0.2, 0.25) is 0 Å². The van der Waals surface area contributed by atoms with E-state index >= 15 is 0 Å². The van der Waals surface area contributed by atoms with Crippen molar-refractivity contribution in [3.63, 3.8) is 0 Å². The highest BCUT2D eigenvalue weighted by atomic mass is 16.5. The number of rotatable bonds is 6. The van der Waals surface area contributed by atoms with Crippen LogP contribution in [0.1, 0.15) is 60.9 Å². The predicted molar refractivity (Wildman–Crippen MR) is 227 cm³/mol. The zero-order valence-corrected chi connectivity index (χ0v) is 31.5. The molecule has 56 heavy (non-hydrogen) atoms. The number of amidine groups is 1. The number of para-hydroxylation sites is 1. The third-order valence-electron chi connectivity index (χ3n) is 12.8. The standard InChI is InChI=1S/C51H46N4O/c1-5-15-33(16-6-1)36-25-27-39(42(31-36)51-53-49(34-17-7-2-8-18-34)52-50(54-51)35-19-9-3-10-20-35)37-26-28-41-46(32-37)56-45-30-29-44-47(48(41)45)40-23-13-14-24-43(40)55(44)38-21-11-4-12-22-38/h1-9,11-12,15-19,21-31,37,44-45,47-50,52H,10,13-14,20,32H2,(H,53,54). The van der Waals surface area contributed by atoms with Crippen LogP contribution in [0.2, 0.25) is 0 Å². The van der Waals surface area contributed by atoms with Crippen LogP contribution in [-0.4, -0.2) is 24.1 Å². The van der Waals surface area contributed by atoms with Gasteiger partial charge in [0.1, 0.15) is 30.0 Å². The molecule has 4 aliphatic carbocycles. The molecule has 0 amide bonds. The van der Waals surface area contributed by atoms with Gasteiger partial charge in [0.25, 0.3) is 0 Å². The molecule has 1 saturated heterocycles. The molecule has 5 nitrogen and oxygen atoms in total. The lowest BCUT2D eigenvalue weighted by Crippen LogP contribution is -2.49. The number of allylic oxidation sites excluding steroid dienone is 9. The Morgan fingerprint density at radius 3 is 2.38 bits per heavy atom. The Balaban J connectivity index is 0.967. The highest BCUT2D eigenvalue weighted by Gasteiger charge is 2.53. The maximum absolute atomic E-state index is 7.01. The summed E-state index contributed by atoms with van der Waals surface area (Å²) >= 11 is 0. The van der Waals surface area contributed by atoms with Gasteiger partial charge in [-0.25, -0.2) is 4.99 Å². The van der Waals surface area contributed by atoms with E-state index < -0.39 is 0 Å². The van der Waals surface area contributed by atoms with Crippen LogP contribution in [0.5, 0.6) is 0 Å². The van der Waals surface area contributed by atoms with Crippen molar-refractivity contribution in [1.29, 1.82) is 0 Å². The number of aliphatic imine (C=N–C) groups is 1. The fourth-order valence-corrected chi connectivity index (χ4v) is 10.2. The second-order valence-electron chi connectivity index (χ2n) is 16.0. The second-order valence-corrected chi connectivity index (χ2v) is 16.0. The molecule has 7 unspecified atom stereocenters. The molecule has 7 aliphatic rings. The lowest BCUT2D eigenvalue weighted by molar-refractivity contribution is 0.123. The Labute approximate surface area is 329 Å². The molecule has 0 bridgehead atoms. The van der Waals surface area contributed by atoms with Gasteiger partial charge < -0.3 is 15.0 Å². The topological polar surface area (TPSA) is 48.9 Å². The molecular weight excluding hydrogens is 685 g/mol. The molecule has 3 aliphatic heterocycles. The summed E-state index contributed by atoms with van der Waals surface area (Å²) in [5.74, 6) is 2.87. The zero-order chi connectivity index (χ0) is 37.0. The zero-order valence-electron chi connectivity index (χ0n) is 31.5. The van der Waals surface area contributed by atoms with E-state index in [0.29, 0.717) is 11.8 Å². The van der Waals surface area contributed by atoms with Gasteiger partial charge in [0.05, 0.1) is 6.04 Å². The summed E-state index contributed by atoms with van der Waals surface area (Å²) in [5, 5.41) is 7.70. The number of anilines is 1. The maximum atomic E-state index is 7.01. The van der Waals surface area contributed by atoms with Crippen molar-refractivity contribution in [1.82, 2.24) is 10.6 Å². The van der Waals surface area contributed by atoms with Crippen molar-refractivity contribution < 1.29 is 4.74 Å². The number of fused-ring (bicyclic) bond motifs is 6. The average Bonchev–Trinajstić information content (AvgIpc) is 3.82. The largest absolute Gasteiger partial charge is 0.490 e. The van der Waals surface area contributed by atoms with Gasteiger partial charge in [0.15, 0.2) is 0 Å². The van der Waals surface area contributed by atoms with E-state index in [0.717, 1.165) is 49.3 Å². The van der Waals surface area contributed by atoms with Crippen molar-refractivity contribution >= 4 is 11.5 Å². The van der Waals surface area contributed by atoms with Crippen LogP contribution in [0.3, 0.4) is 0 Å². The molecule has 4 aromatic rings. The molecule has 11 rings (SSSR count). The molecule has 0 radical (unpaired) electrons. The Morgan fingerprint density at radius 1 is 0.750 bits per heavy atom. The molecule has 0 saturated carbocycles. The van der Waals surface area contributed by atoms with Gasteiger partial charge in [-0.1, -0.05) is 140 Å². The van der Waals surface area contributed by atoms with Gasteiger partial charge in [0, 0.05) is 41.1 Å². The Hall–Kier alpha value is -5.91. The number of nitrogens with zero attached hydrogens (tertiary/aromatic N) is 2. The van der Waals surface area contributed by atoms with E-state index in [4.69, 9.17) is 9.73 Å². The first-order valence-corrected chi connectivity index (χ1v) is 20.5. The van der Waals surface area contributed by atoms with Crippen LogP contribution in [0.25, 0.3) is 11.1 Å². The molecule has 5 heteroatoms. The number of benzene rings is 4. The highest BCUT2D eigenvalue weighted by molar-refractivity contribution is 6.02.